The molecule has 1 saturated carbocycles. The third-order valence-electron chi connectivity index (χ3n) is 4.45. The van der Waals surface area contributed by atoms with Gasteiger partial charge in [-0.2, -0.15) is 0 Å². The third-order valence-corrected chi connectivity index (χ3v) is 4.45. The average molecular weight is 318 g/mol. The second-order valence-corrected chi connectivity index (χ2v) is 5.79. The maximum atomic E-state index is 12.8. The number of carbonyl (C=O) groups is 3. The van der Waals surface area contributed by atoms with Gasteiger partial charge < -0.3 is 5.11 Å². The first kappa shape index (κ1) is 15.2. The first-order chi connectivity index (χ1) is 11.0. The molecule has 23 heavy (non-hydrogen) atoms. The zero-order valence-corrected chi connectivity index (χ0v) is 12.0. The quantitative estimate of drug-likeness (QED) is 0.575. The van der Waals surface area contributed by atoms with E-state index >= 15 is 0 Å². The highest BCUT2D eigenvalue weighted by Gasteiger charge is 2.51. The third kappa shape index (κ3) is 2.81. The van der Waals surface area contributed by atoms with E-state index in [9.17, 15) is 23.9 Å². The molecule has 3 N–H and O–H groups in total. The van der Waals surface area contributed by atoms with E-state index in [2.05, 4.69) is 10.9 Å². The summed E-state index contributed by atoms with van der Waals surface area (Å²) in [5.74, 6) is -4.32. The van der Waals surface area contributed by atoms with Crippen molar-refractivity contribution >= 4 is 17.8 Å². The number of carboxylic acids is 1. The predicted octanol–water partition coefficient (Wildman–Crippen LogP) is 1.11. The largest absolute Gasteiger partial charge is 0.481 e. The summed E-state index contributed by atoms with van der Waals surface area (Å²) in [6, 6.07) is 4.85. The number of fused-ring (bicyclic) bond motifs is 2. The van der Waals surface area contributed by atoms with Gasteiger partial charge in [-0.15, -0.1) is 0 Å². The Balaban J connectivity index is 1.63. The molecule has 0 radical (unpaired) electrons. The fourth-order valence-corrected chi connectivity index (χ4v) is 3.39. The molecule has 2 aliphatic rings. The molecule has 1 fully saturated rings. The van der Waals surface area contributed by atoms with Crippen molar-refractivity contribution in [2.75, 3.05) is 0 Å². The normalized spacial score (nSPS) is 27.7. The van der Waals surface area contributed by atoms with Crippen molar-refractivity contribution in [2.45, 2.75) is 6.42 Å². The zero-order valence-electron chi connectivity index (χ0n) is 12.0. The van der Waals surface area contributed by atoms with Crippen LogP contribution in [0.5, 0.6) is 0 Å². The minimum atomic E-state index is -1.01. The number of nitrogens with one attached hydrogen (secondary N) is 2. The highest BCUT2D eigenvalue weighted by atomic mass is 19.1. The van der Waals surface area contributed by atoms with Gasteiger partial charge in [0.2, 0.25) is 5.91 Å². The van der Waals surface area contributed by atoms with E-state index in [4.69, 9.17) is 0 Å². The average Bonchev–Trinajstić information content (AvgIpc) is 3.13. The van der Waals surface area contributed by atoms with Crippen LogP contribution in [-0.4, -0.2) is 22.9 Å². The van der Waals surface area contributed by atoms with E-state index in [1.807, 2.05) is 12.2 Å². The molecule has 1 aromatic carbocycles. The van der Waals surface area contributed by atoms with Crippen LogP contribution in [0.15, 0.2) is 36.4 Å². The molecule has 2 aliphatic carbocycles. The maximum absolute atomic E-state index is 12.8. The topological polar surface area (TPSA) is 95.5 Å². The minimum Gasteiger partial charge on any atom is -0.481 e. The summed E-state index contributed by atoms with van der Waals surface area (Å²) in [5.41, 5.74) is 4.70. The lowest BCUT2D eigenvalue weighted by Crippen LogP contribution is -2.48. The molecule has 2 amide bonds. The van der Waals surface area contributed by atoms with Crippen LogP contribution in [0.25, 0.3) is 0 Å². The van der Waals surface area contributed by atoms with E-state index in [0.717, 1.165) is 12.1 Å². The molecule has 1 aromatic rings. The lowest BCUT2D eigenvalue weighted by Gasteiger charge is -2.23. The number of hydrogen-bond acceptors (Lipinski definition) is 3. The van der Waals surface area contributed by atoms with Crippen LogP contribution in [0.3, 0.4) is 0 Å². The molecular formula is C16H15FN2O4. The van der Waals surface area contributed by atoms with Crippen LogP contribution in [-0.2, 0) is 9.59 Å². The van der Waals surface area contributed by atoms with Gasteiger partial charge in [-0.05, 0) is 42.5 Å². The minimum absolute atomic E-state index is 0.121. The van der Waals surface area contributed by atoms with Crippen LogP contribution in [0, 0.1) is 29.5 Å². The molecule has 120 valence electrons. The molecular weight excluding hydrogens is 303 g/mol. The lowest BCUT2D eigenvalue weighted by atomic mass is 9.82. The van der Waals surface area contributed by atoms with E-state index in [-0.39, 0.29) is 17.4 Å². The summed E-state index contributed by atoms with van der Waals surface area (Å²) in [7, 11) is 0. The fraction of sp³-hybridized carbons (Fsp3) is 0.312. The monoisotopic (exact) mass is 318 g/mol. The van der Waals surface area contributed by atoms with Gasteiger partial charge in [0.15, 0.2) is 0 Å². The number of carboxylic acid groups (broad SMARTS) is 1. The number of aliphatic carboxylic acids is 1. The zero-order chi connectivity index (χ0) is 16.6. The van der Waals surface area contributed by atoms with Crippen LogP contribution < -0.4 is 10.9 Å². The van der Waals surface area contributed by atoms with Crippen molar-refractivity contribution in [2.24, 2.45) is 23.7 Å². The number of amides is 2. The molecule has 7 heteroatoms. The molecule has 0 saturated heterocycles. The second-order valence-electron chi connectivity index (χ2n) is 5.79. The van der Waals surface area contributed by atoms with E-state index in [1.54, 1.807) is 0 Å². The van der Waals surface area contributed by atoms with Crippen LogP contribution >= 0.6 is 0 Å². The molecule has 4 atom stereocenters. The van der Waals surface area contributed by atoms with E-state index in [1.165, 1.54) is 12.1 Å². The standard InChI is InChI=1S/C16H15FN2O4/c17-11-5-3-8(4-6-11)14(20)18-19-15(21)12-9-1-2-10(7-9)13(12)16(22)23/h1-6,9-10,12-13H,7H2,(H,18,20)(H,19,21)(H,22,23)/t9-,10-,12+,13-/m0/s1. The Morgan fingerprint density at radius 1 is 1.00 bits per heavy atom. The highest BCUT2D eigenvalue weighted by Crippen LogP contribution is 2.48. The molecule has 6 nitrogen and oxygen atoms in total. The van der Waals surface area contributed by atoms with Gasteiger partial charge in [0, 0.05) is 5.56 Å². The van der Waals surface area contributed by atoms with Gasteiger partial charge >= 0.3 is 5.97 Å². The van der Waals surface area contributed by atoms with Crippen molar-refractivity contribution in [3.8, 4) is 0 Å². The number of hydrazine groups is 1. The summed E-state index contributed by atoms with van der Waals surface area (Å²) < 4.78 is 12.8. The Labute approximate surface area is 131 Å². The summed E-state index contributed by atoms with van der Waals surface area (Å²) >= 11 is 0. The SMILES string of the molecule is O=C(NNC(=O)[C@H]1[C@@H](C(=O)O)[C@H]2C=C[C@H]1C2)c1ccc(F)cc1. The van der Waals surface area contributed by atoms with Crippen molar-refractivity contribution < 1.29 is 23.9 Å². The second kappa shape index (κ2) is 5.83. The number of rotatable bonds is 3. The molecule has 2 bridgehead atoms. The Morgan fingerprint density at radius 3 is 2.22 bits per heavy atom. The Morgan fingerprint density at radius 2 is 1.61 bits per heavy atom. The highest BCUT2D eigenvalue weighted by molar-refractivity contribution is 5.96. The molecule has 0 aromatic heterocycles. The molecule has 0 unspecified atom stereocenters. The molecule has 0 heterocycles. The van der Waals surface area contributed by atoms with Gasteiger partial charge in [0.1, 0.15) is 5.82 Å². The van der Waals surface area contributed by atoms with Gasteiger partial charge in [-0.25, -0.2) is 4.39 Å². The Hall–Kier alpha value is -2.70. The van der Waals surface area contributed by atoms with Crippen molar-refractivity contribution in [3.05, 3.63) is 47.8 Å². The van der Waals surface area contributed by atoms with E-state index in [0.29, 0.717) is 6.42 Å². The maximum Gasteiger partial charge on any atom is 0.307 e. The molecule has 0 aliphatic heterocycles. The van der Waals surface area contributed by atoms with Gasteiger partial charge in [0.25, 0.3) is 5.91 Å². The number of hydrogen-bond donors (Lipinski definition) is 3. The Kier molecular flexibility index (Phi) is 3.85. The van der Waals surface area contributed by atoms with Crippen LogP contribution in [0.4, 0.5) is 4.39 Å². The number of allylic oxidation sites excluding steroid dienone is 2. The van der Waals surface area contributed by atoms with Gasteiger partial charge in [-0.3, -0.25) is 25.2 Å². The number of carbonyl (C=O) groups excluding carboxylic acids is 2. The fourth-order valence-electron chi connectivity index (χ4n) is 3.39. The molecule has 0 spiro atoms. The van der Waals surface area contributed by atoms with Crippen molar-refractivity contribution in [1.82, 2.24) is 10.9 Å². The van der Waals surface area contributed by atoms with Crippen molar-refractivity contribution in [1.29, 1.82) is 0 Å². The lowest BCUT2D eigenvalue weighted by molar-refractivity contribution is -0.148. The van der Waals surface area contributed by atoms with Gasteiger partial charge in [-0.1, -0.05) is 12.2 Å². The summed E-state index contributed by atoms with van der Waals surface area (Å²) in [6.45, 7) is 0. The predicted molar refractivity (Wildman–Crippen MR) is 77.4 cm³/mol. The number of benzene rings is 1. The first-order valence-corrected chi connectivity index (χ1v) is 7.24. The number of halogens is 1. The Bertz CT molecular complexity index is 686. The van der Waals surface area contributed by atoms with E-state index < -0.39 is 35.4 Å². The van der Waals surface area contributed by atoms with Crippen molar-refractivity contribution in [3.63, 3.8) is 0 Å². The molecule has 3 rings (SSSR count). The summed E-state index contributed by atoms with van der Waals surface area (Å²) in [4.78, 5) is 35.5. The van der Waals surface area contributed by atoms with Gasteiger partial charge in [0.05, 0.1) is 11.8 Å². The summed E-state index contributed by atoms with van der Waals surface area (Å²) in [6.07, 6.45) is 4.33. The summed E-state index contributed by atoms with van der Waals surface area (Å²) in [5, 5.41) is 9.30. The van der Waals surface area contributed by atoms with Crippen LogP contribution in [0.2, 0.25) is 0 Å². The van der Waals surface area contributed by atoms with Crippen LogP contribution in [0.1, 0.15) is 16.8 Å². The first-order valence-electron chi connectivity index (χ1n) is 7.24. The smallest absolute Gasteiger partial charge is 0.307 e.